The molecule has 0 bridgehead atoms. The molecule has 11 heavy (non-hydrogen) atoms. The van der Waals surface area contributed by atoms with Crippen LogP contribution < -0.4 is 6.15 Å². The normalized spacial score (nSPS) is 10.8. The Hall–Kier alpha value is 0.550. The van der Waals surface area contributed by atoms with Crippen LogP contribution in [0.4, 0.5) is 0 Å². The van der Waals surface area contributed by atoms with Gasteiger partial charge in [0.25, 0.3) is 0 Å². The van der Waals surface area contributed by atoms with E-state index in [0.717, 1.165) is 11.8 Å². The predicted molar refractivity (Wildman–Crippen MR) is 46.0 cm³/mol. The Morgan fingerprint density at radius 1 is 1.36 bits per heavy atom. The predicted octanol–water partition coefficient (Wildman–Crippen LogP) is 1.43. The first-order chi connectivity index (χ1) is 4.56. The molecule has 0 spiro atoms. The number of alkyl halides is 1. The molecule has 7 heteroatoms. The Balaban J connectivity index is 0. The summed E-state index contributed by atoms with van der Waals surface area (Å²) in [5, 5.41) is 0.831. The minimum atomic E-state index is -4.22. The molecule has 0 aromatic heterocycles. The summed E-state index contributed by atoms with van der Waals surface area (Å²) in [4.78, 5) is 16.4. The molecular formula is C4H13BrNO4P. The fraction of sp³-hybridized carbons (Fsp3) is 1.00. The Kier molecular flexibility index (Phi) is 9.24. The van der Waals surface area contributed by atoms with Gasteiger partial charge in [0.2, 0.25) is 0 Å². The van der Waals surface area contributed by atoms with Crippen LogP contribution in [0, 0.1) is 0 Å². The summed E-state index contributed by atoms with van der Waals surface area (Å²) >= 11 is 3.18. The molecule has 0 heterocycles. The maximum Gasteiger partial charge on any atom is 0.469 e. The van der Waals surface area contributed by atoms with Crippen molar-refractivity contribution in [2.24, 2.45) is 0 Å². The molecule has 0 aliphatic heterocycles. The number of hydrogen-bond acceptors (Lipinski definition) is 3. The van der Waals surface area contributed by atoms with Crippen molar-refractivity contribution in [1.82, 2.24) is 6.15 Å². The van der Waals surface area contributed by atoms with Gasteiger partial charge in [-0.2, -0.15) is 0 Å². The van der Waals surface area contributed by atoms with Gasteiger partial charge < -0.3 is 15.9 Å². The Morgan fingerprint density at radius 3 is 2.27 bits per heavy atom. The maximum atomic E-state index is 10.1. The highest BCUT2D eigenvalue weighted by Gasteiger charge is 2.11. The molecule has 5 nitrogen and oxygen atoms in total. The van der Waals surface area contributed by atoms with E-state index in [4.69, 9.17) is 9.79 Å². The molecule has 0 unspecified atom stereocenters. The number of hydrogen-bond donors (Lipinski definition) is 3. The van der Waals surface area contributed by atoms with Gasteiger partial charge in [0, 0.05) is 5.33 Å². The quantitative estimate of drug-likeness (QED) is 0.389. The van der Waals surface area contributed by atoms with E-state index < -0.39 is 7.82 Å². The highest BCUT2D eigenvalue weighted by atomic mass is 79.9. The van der Waals surface area contributed by atoms with E-state index in [0.29, 0.717) is 6.42 Å². The van der Waals surface area contributed by atoms with Crippen molar-refractivity contribution < 1.29 is 18.9 Å². The van der Waals surface area contributed by atoms with Gasteiger partial charge in [0.15, 0.2) is 0 Å². The van der Waals surface area contributed by atoms with Gasteiger partial charge in [0.1, 0.15) is 0 Å². The second-order valence-electron chi connectivity index (χ2n) is 1.72. The van der Waals surface area contributed by atoms with E-state index in [9.17, 15) is 4.57 Å². The van der Waals surface area contributed by atoms with E-state index in [1.165, 1.54) is 0 Å². The number of phosphoric ester groups is 1. The zero-order valence-corrected chi connectivity index (χ0v) is 8.55. The average molecular weight is 250 g/mol. The first kappa shape index (κ1) is 14.1. The molecule has 0 saturated carbocycles. The number of rotatable bonds is 5. The van der Waals surface area contributed by atoms with Crippen LogP contribution in [0.5, 0.6) is 0 Å². The summed E-state index contributed by atoms with van der Waals surface area (Å²) in [5.41, 5.74) is 0. The highest BCUT2D eigenvalue weighted by Crippen LogP contribution is 2.35. The van der Waals surface area contributed by atoms with Gasteiger partial charge in [-0.15, -0.1) is 0 Å². The molecule has 0 aromatic rings. The van der Waals surface area contributed by atoms with Crippen LogP contribution in [0.3, 0.4) is 0 Å². The fourth-order valence-electron chi connectivity index (χ4n) is 0.380. The Morgan fingerprint density at radius 2 is 1.91 bits per heavy atom. The van der Waals surface area contributed by atoms with E-state index in [2.05, 4.69) is 20.5 Å². The minimum absolute atomic E-state index is 0. The van der Waals surface area contributed by atoms with Crippen molar-refractivity contribution in [2.45, 2.75) is 12.8 Å². The minimum Gasteiger partial charge on any atom is -0.344 e. The van der Waals surface area contributed by atoms with E-state index in [-0.39, 0.29) is 12.8 Å². The van der Waals surface area contributed by atoms with E-state index in [1.807, 2.05) is 0 Å². The monoisotopic (exact) mass is 249 g/mol. The molecule has 0 rings (SSSR count). The van der Waals surface area contributed by atoms with Crippen molar-refractivity contribution in [2.75, 3.05) is 11.9 Å². The molecule has 0 amide bonds. The topological polar surface area (TPSA) is 102 Å². The van der Waals surface area contributed by atoms with Crippen LogP contribution in [0.1, 0.15) is 12.8 Å². The van der Waals surface area contributed by atoms with Gasteiger partial charge >= 0.3 is 7.82 Å². The smallest absolute Gasteiger partial charge is 0.344 e. The van der Waals surface area contributed by atoms with Crippen LogP contribution in [0.25, 0.3) is 0 Å². The lowest BCUT2D eigenvalue weighted by Crippen LogP contribution is -1.91. The zero-order valence-electron chi connectivity index (χ0n) is 6.07. The molecular weight excluding hydrogens is 237 g/mol. The SMILES string of the molecule is N.O=P(O)(O)OCCCCBr. The van der Waals surface area contributed by atoms with Crippen molar-refractivity contribution in [3.63, 3.8) is 0 Å². The van der Waals surface area contributed by atoms with Crippen LogP contribution in [-0.4, -0.2) is 21.7 Å². The molecule has 0 fully saturated rings. The van der Waals surface area contributed by atoms with Crippen molar-refractivity contribution in [3.8, 4) is 0 Å². The standard InChI is InChI=1S/C4H10BrO4P.H3N/c5-3-1-2-4-9-10(6,7)8;/h1-4H2,(H2,6,7,8);1H3. The average Bonchev–Trinajstić information content (AvgIpc) is 1.78. The Labute approximate surface area is 74.1 Å². The number of halogens is 1. The second kappa shape index (κ2) is 7.21. The van der Waals surface area contributed by atoms with E-state index >= 15 is 0 Å². The largest absolute Gasteiger partial charge is 0.469 e. The van der Waals surface area contributed by atoms with Gasteiger partial charge in [-0.1, -0.05) is 15.9 Å². The third-order valence-corrected chi connectivity index (χ3v) is 1.87. The Bertz CT molecular complexity index is 127. The molecule has 0 atom stereocenters. The van der Waals surface area contributed by atoms with Crippen LogP contribution in [-0.2, 0) is 9.09 Å². The molecule has 0 aromatic carbocycles. The summed E-state index contributed by atoms with van der Waals surface area (Å²) in [6.45, 7) is 0.121. The van der Waals surface area contributed by atoms with Crippen molar-refractivity contribution >= 4 is 23.8 Å². The number of unbranched alkanes of at least 4 members (excludes halogenated alkanes) is 1. The van der Waals surface area contributed by atoms with Gasteiger partial charge in [-0.3, -0.25) is 4.52 Å². The van der Waals surface area contributed by atoms with Gasteiger partial charge in [-0.05, 0) is 12.8 Å². The summed E-state index contributed by atoms with van der Waals surface area (Å²) < 4.78 is 14.2. The molecule has 0 aliphatic carbocycles. The summed E-state index contributed by atoms with van der Waals surface area (Å²) in [6, 6.07) is 0. The van der Waals surface area contributed by atoms with Gasteiger partial charge in [0.05, 0.1) is 6.61 Å². The highest BCUT2D eigenvalue weighted by molar-refractivity contribution is 9.09. The molecule has 5 N–H and O–H groups in total. The van der Waals surface area contributed by atoms with Crippen molar-refractivity contribution in [3.05, 3.63) is 0 Å². The molecule has 0 radical (unpaired) electrons. The van der Waals surface area contributed by atoms with Gasteiger partial charge in [-0.25, -0.2) is 4.57 Å². The number of phosphoric acid groups is 1. The summed E-state index contributed by atoms with van der Waals surface area (Å²) in [6.07, 6.45) is 1.52. The van der Waals surface area contributed by atoms with Crippen LogP contribution >= 0.6 is 23.8 Å². The molecule has 70 valence electrons. The first-order valence-electron chi connectivity index (χ1n) is 2.82. The summed E-state index contributed by atoms with van der Waals surface area (Å²) in [7, 11) is -4.22. The first-order valence-corrected chi connectivity index (χ1v) is 5.47. The summed E-state index contributed by atoms with van der Waals surface area (Å²) in [5.74, 6) is 0. The van der Waals surface area contributed by atoms with Crippen LogP contribution in [0.15, 0.2) is 0 Å². The molecule has 0 aliphatic rings. The third-order valence-electron chi connectivity index (χ3n) is 0.787. The second-order valence-corrected chi connectivity index (χ2v) is 3.75. The van der Waals surface area contributed by atoms with Crippen molar-refractivity contribution in [1.29, 1.82) is 0 Å². The van der Waals surface area contributed by atoms with Crippen LogP contribution in [0.2, 0.25) is 0 Å². The lowest BCUT2D eigenvalue weighted by Gasteiger charge is -2.02. The fourth-order valence-corrected chi connectivity index (χ4v) is 1.14. The third kappa shape index (κ3) is 13.5. The lowest BCUT2D eigenvalue weighted by atomic mass is 10.4. The van der Waals surface area contributed by atoms with E-state index in [1.54, 1.807) is 0 Å². The maximum absolute atomic E-state index is 10.1. The zero-order chi connectivity index (χ0) is 8.04. The molecule has 0 saturated heterocycles. The lowest BCUT2D eigenvalue weighted by molar-refractivity contribution is 0.195.